The van der Waals surface area contributed by atoms with Gasteiger partial charge in [0.25, 0.3) is 5.69 Å². The summed E-state index contributed by atoms with van der Waals surface area (Å²) in [7, 11) is 0. The normalized spacial score (nSPS) is 11.7. The highest BCUT2D eigenvalue weighted by Crippen LogP contribution is 2.12. The van der Waals surface area contributed by atoms with E-state index in [9.17, 15) is 14.9 Å². The summed E-state index contributed by atoms with van der Waals surface area (Å²) in [5.41, 5.74) is 0.722. The number of halogens is 1. The van der Waals surface area contributed by atoms with Crippen molar-refractivity contribution in [3.05, 3.63) is 39.9 Å². The minimum Gasteiger partial charge on any atom is -0.445 e. The molecule has 0 aliphatic rings. The number of alkyl halides is 1. The second-order valence-electron chi connectivity index (χ2n) is 3.70. The number of rotatable bonds is 5. The fraction of sp³-hybridized carbons (Fsp3) is 0.364. The number of alkyl carbamates (subject to hydrolysis) is 1. The van der Waals surface area contributed by atoms with Crippen molar-refractivity contribution in [2.75, 3.05) is 4.43 Å². The summed E-state index contributed by atoms with van der Waals surface area (Å²) in [5, 5.41) is 13.1. The van der Waals surface area contributed by atoms with Crippen molar-refractivity contribution in [3.63, 3.8) is 0 Å². The fourth-order valence-electron chi connectivity index (χ4n) is 1.14. The lowest BCUT2D eigenvalue weighted by Gasteiger charge is -2.11. The highest BCUT2D eigenvalue weighted by molar-refractivity contribution is 14.1. The number of carbonyl (C=O) groups excluding carboxylic acids is 1. The molecular formula is C11H13IN2O4. The van der Waals surface area contributed by atoms with Gasteiger partial charge < -0.3 is 10.1 Å². The molecule has 0 aliphatic heterocycles. The summed E-state index contributed by atoms with van der Waals surface area (Å²) in [6.07, 6.45) is -0.488. The maximum atomic E-state index is 11.3. The first-order valence-electron chi connectivity index (χ1n) is 5.25. The molecule has 0 saturated carbocycles. The van der Waals surface area contributed by atoms with Crippen LogP contribution in [0.5, 0.6) is 0 Å². The van der Waals surface area contributed by atoms with Gasteiger partial charge in [-0.2, -0.15) is 0 Å². The Labute approximate surface area is 118 Å². The Balaban J connectivity index is 2.44. The first-order valence-corrected chi connectivity index (χ1v) is 6.78. The van der Waals surface area contributed by atoms with Gasteiger partial charge in [-0.3, -0.25) is 10.1 Å². The minimum absolute atomic E-state index is 0.0155. The number of benzene rings is 1. The lowest BCUT2D eigenvalue weighted by atomic mass is 10.2. The van der Waals surface area contributed by atoms with Gasteiger partial charge in [0.15, 0.2) is 0 Å². The number of non-ortho nitro benzene ring substituents is 1. The summed E-state index contributed by atoms with van der Waals surface area (Å²) in [4.78, 5) is 21.3. The van der Waals surface area contributed by atoms with Crippen molar-refractivity contribution in [3.8, 4) is 0 Å². The second kappa shape index (κ2) is 7.14. The summed E-state index contributed by atoms with van der Waals surface area (Å²) in [6.45, 7) is 1.97. The Kier molecular flexibility index (Phi) is 5.83. The van der Waals surface area contributed by atoms with Crippen LogP contribution in [0.2, 0.25) is 0 Å². The summed E-state index contributed by atoms with van der Waals surface area (Å²) < 4.78 is 5.77. The standard InChI is InChI=1S/C11H13IN2O4/c1-8(6-12)13-11(15)18-7-9-2-4-10(5-3-9)14(16)17/h2-5,8H,6-7H2,1H3,(H,13,15). The Bertz CT molecular complexity index is 422. The van der Waals surface area contributed by atoms with Crippen LogP contribution in [-0.4, -0.2) is 21.5 Å². The van der Waals surface area contributed by atoms with Crippen molar-refractivity contribution >= 4 is 34.4 Å². The van der Waals surface area contributed by atoms with Gasteiger partial charge in [-0.1, -0.05) is 22.6 Å². The highest BCUT2D eigenvalue weighted by atomic mass is 127. The molecule has 0 bridgehead atoms. The van der Waals surface area contributed by atoms with Gasteiger partial charge in [-0.15, -0.1) is 0 Å². The molecule has 0 saturated heterocycles. The topological polar surface area (TPSA) is 81.5 Å². The number of amides is 1. The van der Waals surface area contributed by atoms with Crippen LogP contribution in [0.25, 0.3) is 0 Å². The third kappa shape index (κ3) is 4.86. The number of carbonyl (C=O) groups is 1. The zero-order valence-corrected chi connectivity index (χ0v) is 11.9. The Hall–Kier alpha value is -1.38. The van der Waals surface area contributed by atoms with Crippen LogP contribution >= 0.6 is 22.6 Å². The van der Waals surface area contributed by atoms with Gasteiger partial charge in [0, 0.05) is 22.6 Å². The van der Waals surface area contributed by atoms with E-state index in [0.29, 0.717) is 5.56 Å². The van der Waals surface area contributed by atoms with E-state index >= 15 is 0 Å². The van der Waals surface area contributed by atoms with Crippen LogP contribution in [-0.2, 0) is 11.3 Å². The third-order valence-electron chi connectivity index (χ3n) is 2.11. The Morgan fingerprint density at radius 1 is 1.50 bits per heavy atom. The van der Waals surface area contributed by atoms with Gasteiger partial charge in [0.2, 0.25) is 0 Å². The summed E-state index contributed by atoms with van der Waals surface area (Å²) >= 11 is 2.16. The molecule has 0 aliphatic carbocycles. The number of nitrogens with zero attached hydrogens (tertiary/aromatic N) is 1. The molecule has 1 aromatic carbocycles. The van der Waals surface area contributed by atoms with E-state index < -0.39 is 11.0 Å². The Morgan fingerprint density at radius 3 is 2.61 bits per heavy atom. The number of ether oxygens (including phenoxy) is 1. The SMILES string of the molecule is CC(CI)NC(=O)OCc1ccc([N+](=O)[O-])cc1. The number of nitro groups is 1. The largest absolute Gasteiger partial charge is 0.445 e. The van der Waals surface area contributed by atoms with E-state index in [1.165, 1.54) is 12.1 Å². The zero-order chi connectivity index (χ0) is 13.5. The highest BCUT2D eigenvalue weighted by Gasteiger charge is 2.08. The van der Waals surface area contributed by atoms with Crippen molar-refractivity contribution in [2.24, 2.45) is 0 Å². The molecule has 0 aromatic heterocycles. The maximum Gasteiger partial charge on any atom is 0.407 e. The summed E-state index contributed by atoms with van der Waals surface area (Å²) in [5.74, 6) is 0. The first-order chi connectivity index (χ1) is 8.52. The zero-order valence-electron chi connectivity index (χ0n) is 9.76. The predicted molar refractivity (Wildman–Crippen MR) is 74.8 cm³/mol. The smallest absolute Gasteiger partial charge is 0.407 e. The van der Waals surface area contributed by atoms with Gasteiger partial charge in [0.05, 0.1) is 4.92 Å². The fourth-order valence-corrected chi connectivity index (χ4v) is 1.36. The molecule has 1 rings (SSSR count). The van der Waals surface area contributed by atoms with Crippen LogP contribution < -0.4 is 5.32 Å². The molecule has 1 amide bonds. The quantitative estimate of drug-likeness (QED) is 0.377. The molecule has 6 nitrogen and oxygen atoms in total. The lowest BCUT2D eigenvalue weighted by Crippen LogP contribution is -2.33. The average Bonchev–Trinajstić information content (AvgIpc) is 2.36. The second-order valence-corrected chi connectivity index (χ2v) is 4.58. The van der Waals surface area contributed by atoms with Crippen LogP contribution in [0, 0.1) is 10.1 Å². The van der Waals surface area contributed by atoms with Crippen molar-refractivity contribution < 1.29 is 14.5 Å². The van der Waals surface area contributed by atoms with Crippen molar-refractivity contribution in [1.82, 2.24) is 5.32 Å². The summed E-state index contributed by atoms with van der Waals surface area (Å²) in [6, 6.07) is 5.93. The molecule has 18 heavy (non-hydrogen) atoms. The molecule has 0 heterocycles. The van der Waals surface area contributed by atoms with Gasteiger partial charge in [-0.25, -0.2) is 4.79 Å². The molecular weight excluding hydrogens is 351 g/mol. The average molecular weight is 364 g/mol. The molecule has 0 fully saturated rings. The molecule has 1 N–H and O–H groups in total. The van der Waals surface area contributed by atoms with E-state index in [1.807, 2.05) is 6.92 Å². The van der Waals surface area contributed by atoms with E-state index in [1.54, 1.807) is 12.1 Å². The molecule has 98 valence electrons. The van der Waals surface area contributed by atoms with Crippen LogP contribution in [0.3, 0.4) is 0 Å². The van der Waals surface area contributed by atoms with Crippen LogP contribution in [0.4, 0.5) is 10.5 Å². The predicted octanol–water partition coefficient (Wildman–Crippen LogP) is 2.64. The van der Waals surface area contributed by atoms with E-state index in [4.69, 9.17) is 4.74 Å². The number of hydrogen-bond acceptors (Lipinski definition) is 4. The monoisotopic (exact) mass is 364 g/mol. The Morgan fingerprint density at radius 2 is 2.11 bits per heavy atom. The van der Waals surface area contributed by atoms with Crippen molar-refractivity contribution in [1.29, 1.82) is 0 Å². The third-order valence-corrected chi connectivity index (χ3v) is 3.43. The minimum atomic E-state index is -0.488. The van der Waals surface area contributed by atoms with Crippen LogP contribution in [0.1, 0.15) is 12.5 Å². The van der Waals surface area contributed by atoms with E-state index in [-0.39, 0.29) is 18.3 Å². The first kappa shape index (κ1) is 14.7. The number of nitro benzene ring substituents is 1. The number of hydrogen-bond donors (Lipinski definition) is 1. The van der Waals surface area contributed by atoms with Crippen LogP contribution in [0.15, 0.2) is 24.3 Å². The lowest BCUT2D eigenvalue weighted by molar-refractivity contribution is -0.384. The molecule has 1 aromatic rings. The van der Waals surface area contributed by atoms with E-state index in [2.05, 4.69) is 27.9 Å². The van der Waals surface area contributed by atoms with Gasteiger partial charge in [0.1, 0.15) is 6.61 Å². The maximum absolute atomic E-state index is 11.3. The van der Waals surface area contributed by atoms with Gasteiger partial charge >= 0.3 is 6.09 Å². The molecule has 0 radical (unpaired) electrons. The van der Waals surface area contributed by atoms with E-state index in [0.717, 1.165) is 4.43 Å². The number of nitrogens with one attached hydrogen (secondary N) is 1. The van der Waals surface area contributed by atoms with Gasteiger partial charge in [-0.05, 0) is 24.6 Å². The molecule has 0 spiro atoms. The molecule has 1 unspecified atom stereocenters. The molecule has 1 atom stereocenters. The molecule has 7 heteroatoms. The van der Waals surface area contributed by atoms with Crippen molar-refractivity contribution in [2.45, 2.75) is 19.6 Å².